The minimum atomic E-state index is -0.740. The van der Waals surface area contributed by atoms with E-state index in [1.807, 2.05) is 42.5 Å². The predicted octanol–water partition coefficient (Wildman–Crippen LogP) is 5.85. The van der Waals surface area contributed by atoms with Crippen molar-refractivity contribution >= 4 is 17.5 Å². The number of carbonyl (C=O) groups is 2. The van der Waals surface area contributed by atoms with Gasteiger partial charge in [-0.05, 0) is 65.1 Å². The van der Waals surface area contributed by atoms with Gasteiger partial charge in [-0.2, -0.15) is 0 Å². The van der Waals surface area contributed by atoms with Crippen LogP contribution in [0.5, 0.6) is 11.5 Å². The standard InChI is InChI=1S/C38H38N2O7/c1-23-34(21-39-16-15-26-18-32(44-2)33(45-3)19-28(26)20-39)46-38(47-35(23)25-13-11-24(22-41)12-14-25)27-7-6-8-29(17-27)40-36(42)30-9-4-5-10-31(30)37(40)43/h4-14,17-19,23,34-35,38,41H,15-16,20-22H2,1-3H3. The summed E-state index contributed by atoms with van der Waals surface area (Å²) in [6.07, 6.45) is -0.349. The van der Waals surface area contributed by atoms with Crippen LogP contribution in [0.1, 0.15) is 67.9 Å². The number of imide groups is 1. The Bertz CT molecular complexity index is 1770. The van der Waals surface area contributed by atoms with Crippen LogP contribution < -0.4 is 14.4 Å². The molecule has 3 aliphatic rings. The zero-order valence-electron chi connectivity index (χ0n) is 26.7. The second-order valence-electron chi connectivity index (χ2n) is 12.4. The van der Waals surface area contributed by atoms with Gasteiger partial charge >= 0.3 is 0 Å². The van der Waals surface area contributed by atoms with E-state index in [1.165, 1.54) is 16.0 Å². The fraction of sp³-hybridized carbons (Fsp3) is 0.316. The normalized spacial score (nSPS) is 22.6. The maximum absolute atomic E-state index is 13.3. The Morgan fingerprint density at radius 3 is 2.15 bits per heavy atom. The molecule has 3 aliphatic heterocycles. The lowest BCUT2D eigenvalue weighted by atomic mass is 9.89. The van der Waals surface area contributed by atoms with Gasteiger partial charge in [0.15, 0.2) is 17.8 Å². The SMILES string of the molecule is COc1cc2c(cc1OC)CN(CC1OC(c3cccc(N4C(=O)c5ccccc5C4=O)c3)OC(c3ccc(CO)cc3)C1C)CC2. The van der Waals surface area contributed by atoms with E-state index >= 15 is 0 Å². The number of hydrogen-bond acceptors (Lipinski definition) is 8. The van der Waals surface area contributed by atoms with Crippen LogP contribution in [0.25, 0.3) is 0 Å². The Balaban J connectivity index is 1.17. The van der Waals surface area contributed by atoms with E-state index < -0.39 is 6.29 Å². The number of aliphatic hydroxyl groups is 1. The maximum Gasteiger partial charge on any atom is 0.266 e. The summed E-state index contributed by atoms with van der Waals surface area (Å²) in [4.78, 5) is 30.2. The van der Waals surface area contributed by atoms with E-state index in [0.717, 1.165) is 36.4 Å². The smallest absolute Gasteiger partial charge is 0.266 e. The van der Waals surface area contributed by atoms with Gasteiger partial charge in [-0.15, -0.1) is 0 Å². The molecule has 7 rings (SSSR count). The molecule has 0 aromatic heterocycles. The molecular formula is C38H38N2O7. The molecule has 47 heavy (non-hydrogen) atoms. The molecule has 4 aromatic rings. The van der Waals surface area contributed by atoms with Crippen molar-refractivity contribution < 1.29 is 33.6 Å². The molecular weight excluding hydrogens is 596 g/mol. The van der Waals surface area contributed by atoms with Crippen molar-refractivity contribution in [2.24, 2.45) is 5.92 Å². The van der Waals surface area contributed by atoms with Crippen molar-refractivity contribution in [3.05, 3.63) is 124 Å². The molecule has 242 valence electrons. The summed E-state index contributed by atoms with van der Waals surface area (Å²) in [7, 11) is 3.31. The molecule has 0 radical (unpaired) electrons. The summed E-state index contributed by atoms with van der Waals surface area (Å²) in [6, 6.07) is 26.1. The summed E-state index contributed by atoms with van der Waals surface area (Å²) in [5.74, 6) is 0.760. The third-order valence-corrected chi connectivity index (χ3v) is 9.55. The molecule has 1 N–H and O–H groups in total. The molecule has 0 aliphatic carbocycles. The van der Waals surface area contributed by atoms with Gasteiger partial charge in [0.25, 0.3) is 11.8 Å². The number of fused-ring (bicyclic) bond motifs is 2. The average Bonchev–Trinajstić information content (AvgIpc) is 3.37. The fourth-order valence-corrected chi connectivity index (χ4v) is 6.91. The van der Waals surface area contributed by atoms with Gasteiger partial charge in [0, 0.05) is 31.1 Å². The zero-order valence-corrected chi connectivity index (χ0v) is 26.7. The van der Waals surface area contributed by atoms with Gasteiger partial charge in [-0.3, -0.25) is 14.5 Å². The number of methoxy groups -OCH3 is 2. The van der Waals surface area contributed by atoms with Gasteiger partial charge in [-0.1, -0.05) is 55.5 Å². The largest absolute Gasteiger partial charge is 0.493 e. The van der Waals surface area contributed by atoms with E-state index in [0.29, 0.717) is 34.7 Å². The average molecular weight is 635 g/mol. The monoisotopic (exact) mass is 634 g/mol. The summed E-state index contributed by atoms with van der Waals surface area (Å²) in [6.45, 7) is 4.41. The first-order chi connectivity index (χ1) is 22.9. The van der Waals surface area contributed by atoms with Crippen LogP contribution in [0.2, 0.25) is 0 Å². The number of ether oxygens (including phenoxy) is 4. The van der Waals surface area contributed by atoms with Crippen LogP contribution in [0.4, 0.5) is 5.69 Å². The Kier molecular flexibility index (Phi) is 8.55. The van der Waals surface area contributed by atoms with Crippen molar-refractivity contribution in [3.63, 3.8) is 0 Å². The third kappa shape index (κ3) is 5.80. The third-order valence-electron chi connectivity index (χ3n) is 9.55. The van der Waals surface area contributed by atoms with Gasteiger partial charge < -0.3 is 24.1 Å². The van der Waals surface area contributed by atoms with Crippen LogP contribution in [-0.4, -0.2) is 55.2 Å². The van der Waals surface area contributed by atoms with E-state index in [9.17, 15) is 14.7 Å². The van der Waals surface area contributed by atoms with Crippen molar-refractivity contribution in [3.8, 4) is 11.5 Å². The maximum atomic E-state index is 13.3. The number of amides is 2. The number of carbonyl (C=O) groups excluding carboxylic acids is 2. The van der Waals surface area contributed by atoms with Crippen LogP contribution in [0.15, 0.2) is 84.9 Å². The molecule has 3 heterocycles. The van der Waals surface area contributed by atoms with Crippen molar-refractivity contribution in [2.75, 3.05) is 32.2 Å². The highest BCUT2D eigenvalue weighted by molar-refractivity contribution is 6.34. The van der Waals surface area contributed by atoms with Crippen molar-refractivity contribution in [1.29, 1.82) is 0 Å². The van der Waals surface area contributed by atoms with Crippen LogP contribution in [0.3, 0.4) is 0 Å². The first-order valence-corrected chi connectivity index (χ1v) is 15.9. The van der Waals surface area contributed by atoms with Crippen LogP contribution >= 0.6 is 0 Å². The number of rotatable bonds is 8. The topological polar surface area (TPSA) is 97.8 Å². The molecule has 9 heteroatoms. The second kappa shape index (κ2) is 12.9. The predicted molar refractivity (Wildman–Crippen MR) is 176 cm³/mol. The minimum absolute atomic E-state index is 0.00236. The Labute approximate surface area is 274 Å². The highest BCUT2D eigenvalue weighted by atomic mass is 16.7. The van der Waals surface area contributed by atoms with Gasteiger partial charge in [0.2, 0.25) is 0 Å². The number of benzene rings is 4. The summed E-state index contributed by atoms with van der Waals surface area (Å²) < 4.78 is 24.5. The van der Waals surface area contributed by atoms with Gasteiger partial charge in [0.05, 0.1) is 49.8 Å². The minimum Gasteiger partial charge on any atom is -0.493 e. The molecule has 4 unspecified atom stereocenters. The number of hydrogen-bond donors (Lipinski definition) is 1. The lowest BCUT2D eigenvalue weighted by Crippen LogP contribution is -2.45. The molecule has 9 nitrogen and oxygen atoms in total. The molecule has 2 amide bonds. The molecule has 0 spiro atoms. The fourth-order valence-electron chi connectivity index (χ4n) is 6.91. The number of anilines is 1. The van der Waals surface area contributed by atoms with Crippen LogP contribution in [0, 0.1) is 5.92 Å². The van der Waals surface area contributed by atoms with Crippen molar-refractivity contribution in [1.82, 2.24) is 4.90 Å². The quantitative estimate of drug-likeness (QED) is 0.241. The Morgan fingerprint density at radius 2 is 1.49 bits per heavy atom. The molecule has 1 fully saturated rings. The molecule has 4 atom stereocenters. The van der Waals surface area contributed by atoms with Crippen LogP contribution in [-0.2, 0) is 29.0 Å². The lowest BCUT2D eigenvalue weighted by Gasteiger charge is -2.43. The molecule has 1 saturated heterocycles. The first-order valence-electron chi connectivity index (χ1n) is 15.9. The summed E-state index contributed by atoms with van der Waals surface area (Å²) in [5, 5.41) is 9.63. The van der Waals surface area contributed by atoms with Crippen molar-refractivity contribution in [2.45, 2.75) is 45.0 Å². The summed E-state index contributed by atoms with van der Waals surface area (Å²) in [5.41, 5.74) is 6.25. The molecule has 0 bridgehead atoms. The lowest BCUT2D eigenvalue weighted by molar-refractivity contribution is -0.276. The Morgan fingerprint density at radius 1 is 0.809 bits per heavy atom. The second-order valence-corrected chi connectivity index (χ2v) is 12.4. The van der Waals surface area contributed by atoms with E-state index in [4.69, 9.17) is 18.9 Å². The number of nitrogens with zero attached hydrogens (tertiary/aromatic N) is 2. The molecule has 0 saturated carbocycles. The molecule has 4 aromatic carbocycles. The van der Waals surface area contributed by atoms with E-state index in [-0.39, 0.29) is 36.5 Å². The Hall–Kier alpha value is -4.54. The highest BCUT2D eigenvalue weighted by Gasteiger charge is 2.41. The zero-order chi connectivity index (χ0) is 32.7. The first kappa shape index (κ1) is 31.1. The van der Waals surface area contributed by atoms with E-state index in [2.05, 4.69) is 24.0 Å². The number of aliphatic hydroxyl groups excluding tert-OH is 1. The highest BCUT2D eigenvalue weighted by Crippen LogP contribution is 2.43. The van der Waals surface area contributed by atoms with Gasteiger partial charge in [0.1, 0.15) is 0 Å². The van der Waals surface area contributed by atoms with Gasteiger partial charge in [-0.25, -0.2) is 4.90 Å². The summed E-state index contributed by atoms with van der Waals surface area (Å²) >= 11 is 0. The van der Waals surface area contributed by atoms with E-state index in [1.54, 1.807) is 44.6 Å².